The molecule has 0 aliphatic carbocycles. The minimum absolute atomic E-state index is 0.0229. The average molecular weight is 420 g/mol. The highest BCUT2D eigenvalue weighted by molar-refractivity contribution is 7.39. The third kappa shape index (κ3) is 8.18. The molecule has 2 N–H and O–H groups in total. The van der Waals surface area contributed by atoms with Gasteiger partial charge in [-0.1, -0.05) is 30.3 Å². The summed E-state index contributed by atoms with van der Waals surface area (Å²) in [6.45, 7) is 3.46. The van der Waals surface area contributed by atoms with Crippen LogP contribution in [0.25, 0.3) is 0 Å². The van der Waals surface area contributed by atoms with Crippen LogP contribution in [0.1, 0.15) is 15.9 Å². The van der Waals surface area contributed by atoms with Crippen molar-refractivity contribution in [1.29, 1.82) is 0 Å². The van der Waals surface area contributed by atoms with E-state index in [0.29, 0.717) is 25.3 Å². The van der Waals surface area contributed by atoms with Gasteiger partial charge in [-0.25, -0.2) is 4.39 Å². The van der Waals surface area contributed by atoms with Crippen LogP contribution in [-0.4, -0.2) is 60.9 Å². The monoisotopic (exact) mass is 420 g/mol. The van der Waals surface area contributed by atoms with Gasteiger partial charge in [0.25, 0.3) is 12.4 Å². The van der Waals surface area contributed by atoms with Crippen LogP contribution >= 0.6 is 8.58 Å². The molecule has 0 bridgehead atoms. The molecule has 0 saturated carbocycles. The van der Waals surface area contributed by atoms with Crippen molar-refractivity contribution >= 4 is 21.0 Å². The van der Waals surface area contributed by atoms with E-state index in [4.69, 9.17) is 5.11 Å². The molecular formula is C21H26FN2O4P. The van der Waals surface area contributed by atoms with Crippen LogP contribution in [0.4, 0.5) is 4.39 Å². The second-order valence-electron chi connectivity index (χ2n) is 6.68. The molecule has 0 spiro atoms. The fraction of sp³-hybridized carbons (Fsp3) is 0.333. The van der Waals surface area contributed by atoms with Crippen molar-refractivity contribution in [2.45, 2.75) is 12.3 Å². The first-order chi connectivity index (χ1) is 14.0. The van der Waals surface area contributed by atoms with Gasteiger partial charge in [0.15, 0.2) is 0 Å². The highest BCUT2D eigenvalue weighted by atomic mass is 31.1. The smallest absolute Gasteiger partial charge is 0.293 e. The fourth-order valence-corrected chi connectivity index (χ4v) is 4.44. The van der Waals surface area contributed by atoms with E-state index in [1.807, 2.05) is 30.3 Å². The lowest BCUT2D eigenvalue weighted by Crippen LogP contribution is -2.40. The molecular weight excluding hydrogens is 394 g/mol. The maximum atomic E-state index is 13.5. The summed E-state index contributed by atoms with van der Waals surface area (Å²) in [5.74, 6) is -1.29. The van der Waals surface area contributed by atoms with E-state index in [1.54, 1.807) is 0 Å². The van der Waals surface area contributed by atoms with Crippen LogP contribution in [0.15, 0.2) is 48.5 Å². The summed E-state index contributed by atoms with van der Waals surface area (Å²) in [6, 6.07) is 13.1. The van der Waals surface area contributed by atoms with Crippen LogP contribution < -0.4 is 5.32 Å². The molecule has 1 aliphatic heterocycles. The Hall–Kier alpha value is -2.50. The van der Waals surface area contributed by atoms with Gasteiger partial charge < -0.3 is 20.1 Å². The van der Waals surface area contributed by atoms with Crippen LogP contribution in [0.3, 0.4) is 0 Å². The number of hydrogen-bond acceptors (Lipinski definition) is 5. The number of carbonyl (C=O) groups excluding carboxylic acids is 2. The molecule has 6 nitrogen and oxygen atoms in total. The van der Waals surface area contributed by atoms with E-state index in [-0.39, 0.29) is 11.3 Å². The van der Waals surface area contributed by atoms with Crippen molar-refractivity contribution in [1.82, 2.24) is 10.2 Å². The number of hydrogen-bond donors (Lipinski definition) is 2. The van der Waals surface area contributed by atoms with E-state index in [2.05, 4.69) is 22.0 Å². The number of ether oxygens (including phenoxy) is 1. The number of aromatic hydroxyl groups is 1. The molecule has 0 radical (unpaired) electrons. The normalized spacial score (nSPS) is 17.1. The van der Waals surface area contributed by atoms with Gasteiger partial charge in [0.1, 0.15) is 18.2 Å². The Morgan fingerprint density at radius 1 is 1.34 bits per heavy atom. The van der Waals surface area contributed by atoms with E-state index in [0.717, 1.165) is 39.5 Å². The van der Waals surface area contributed by atoms with Gasteiger partial charge >= 0.3 is 0 Å². The van der Waals surface area contributed by atoms with Gasteiger partial charge in [-0.2, -0.15) is 0 Å². The van der Waals surface area contributed by atoms with E-state index >= 15 is 0 Å². The first kappa shape index (κ1) is 22.8. The molecule has 2 aromatic carbocycles. The van der Waals surface area contributed by atoms with Gasteiger partial charge in [-0.3, -0.25) is 9.59 Å². The number of carbonyl (C=O) groups is 2. The summed E-state index contributed by atoms with van der Waals surface area (Å²) in [6.07, 6.45) is 1.16. The van der Waals surface area contributed by atoms with Crippen molar-refractivity contribution in [3.05, 3.63) is 65.5 Å². The molecule has 1 saturated heterocycles. The third-order valence-electron chi connectivity index (χ3n) is 4.33. The molecule has 8 heteroatoms. The molecule has 29 heavy (non-hydrogen) atoms. The predicted molar refractivity (Wildman–Crippen MR) is 112 cm³/mol. The highest BCUT2D eigenvalue weighted by Gasteiger charge is 2.19. The van der Waals surface area contributed by atoms with Crippen molar-refractivity contribution in [3.63, 3.8) is 0 Å². The van der Waals surface area contributed by atoms with Gasteiger partial charge in [0.05, 0.1) is 5.56 Å². The second-order valence-corrected chi connectivity index (χ2v) is 8.41. The highest BCUT2D eigenvalue weighted by Crippen LogP contribution is 2.23. The van der Waals surface area contributed by atoms with Gasteiger partial charge in [-0.15, -0.1) is 8.58 Å². The zero-order valence-corrected chi connectivity index (χ0v) is 17.3. The number of phenols is 1. The summed E-state index contributed by atoms with van der Waals surface area (Å²) < 4.78 is 18.0. The molecule has 0 aromatic heterocycles. The lowest BCUT2D eigenvalue weighted by molar-refractivity contribution is -0.129. The Kier molecular flexibility index (Phi) is 9.54. The van der Waals surface area contributed by atoms with Crippen molar-refractivity contribution < 1.29 is 23.8 Å². The lowest BCUT2D eigenvalue weighted by Gasteiger charge is -2.29. The number of halogens is 1. The zero-order valence-electron chi connectivity index (χ0n) is 16.3. The summed E-state index contributed by atoms with van der Waals surface area (Å²) in [5, 5.41) is 11.9. The Morgan fingerprint density at radius 3 is 2.76 bits per heavy atom. The van der Waals surface area contributed by atoms with E-state index < -0.39 is 11.7 Å². The maximum absolute atomic E-state index is 13.5. The average Bonchev–Trinajstić information content (AvgIpc) is 2.72. The van der Waals surface area contributed by atoms with Crippen LogP contribution in [0.2, 0.25) is 0 Å². The topological polar surface area (TPSA) is 78.9 Å². The number of benzene rings is 2. The minimum Gasteiger partial charge on any atom is -0.508 e. The van der Waals surface area contributed by atoms with Crippen molar-refractivity contribution in [2.24, 2.45) is 0 Å². The number of phenolic OH excluding ortho intramolecular Hbond substituents is 1. The zero-order chi connectivity index (χ0) is 21.1. The molecule has 1 aliphatic rings. The summed E-state index contributed by atoms with van der Waals surface area (Å²) in [7, 11) is 2.91. The van der Waals surface area contributed by atoms with E-state index in [1.165, 1.54) is 12.1 Å². The Labute approximate surface area is 171 Å². The van der Waals surface area contributed by atoms with Gasteiger partial charge in [0.2, 0.25) is 0 Å². The third-order valence-corrected chi connectivity index (χ3v) is 5.80. The predicted octanol–water partition coefficient (Wildman–Crippen LogP) is 2.61. The molecule has 1 amide bonds. The molecule has 1 fully saturated rings. The lowest BCUT2D eigenvalue weighted by atomic mass is 10.2. The number of nitrogens with one attached hydrogen (secondary N) is 1. The Morgan fingerprint density at radius 2 is 2.10 bits per heavy atom. The van der Waals surface area contributed by atoms with Gasteiger partial charge in [0, 0.05) is 31.4 Å². The molecule has 3 rings (SSSR count). The number of amides is 1. The second kappa shape index (κ2) is 12.1. The maximum Gasteiger partial charge on any atom is 0.293 e. The first-order valence-corrected chi connectivity index (χ1v) is 10.6. The van der Waals surface area contributed by atoms with Gasteiger partial charge in [-0.05, 0) is 30.9 Å². The minimum atomic E-state index is -0.694. The molecule has 2 atom stereocenters. The summed E-state index contributed by atoms with van der Waals surface area (Å²) >= 11 is 0. The first-order valence-electron chi connectivity index (χ1n) is 9.27. The quantitative estimate of drug-likeness (QED) is 0.555. The Bertz CT molecular complexity index is 792. The molecule has 156 valence electrons. The molecule has 1 heterocycles. The van der Waals surface area contributed by atoms with Crippen molar-refractivity contribution in [3.8, 4) is 5.75 Å². The van der Waals surface area contributed by atoms with Crippen LogP contribution in [-0.2, 0) is 16.1 Å². The Balaban J connectivity index is 0.000000253. The number of nitrogens with zero attached hydrogens (tertiary/aromatic N) is 1. The van der Waals surface area contributed by atoms with Crippen molar-refractivity contribution in [2.75, 3.05) is 32.8 Å². The molecule has 2 unspecified atom stereocenters. The standard InChI is InChI=1S/C13H18FN2O2P.C8H8O2/c1-16-4-5-19-10(8-16)7-15-13(18)11-3-2-9(17)6-12(11)14;9-7-10-6-8-4-2-1-3-5-8/h2-3,6,10,17,19H,4-5,7-8H2,1H3,(H,15,18);1-5,7H,6H2. The largest absolute Gasteiger partial charge is 0.508 e. The summed E-state index contributed by atoms with van der Waals surface area (Å²) in [4.78, 5) is 23.9. The number of rotatable bonds is 6. The van der Waals surface area contributed by atoms with E-state index in [9.17, 15) is 14.0 Å². The van der Waals surface area contributed by atoms with Crippen LogP contribution in [0, 0.1) is 5.82 Å². The summed E-state index contributed by atoms with van der Waals surface area (Å²) in [5.41, 5.74) is 1.43. The molecule has 2 aromatic rings. The fourth-order valence-electron chi connectivity index (χ4n) is 2.83. The SMILES string of the molecule is CN1CCPC(CNC(=O)c2ccc(O)cc2F)C1.O=COCc1ccccc1. The van der Waals surface area contributed by atoms with Crippen LogP contribution in [0.5, 0.6) is 5.75 Å².